The van der Waals surface area contributed by atoms with Crippen LogP contribution in [0.1, 0.15) is 11.1 Å². The van der Waals surface area contributed by atoms with E-state index in [1.807, 2.05) is 32.3 Å². The van der Waals surface area contributed by atoms with Crippen molar-refractivity contribution in [2.24, 2.45) is 0 Å². The van der Waals surface area contributed by atoms with Gasteiger partial charge in [0.15, 0.2) is 0 Å². The van der Waals surface area contributed by atoms with Gasteiger partial charge < -0.3 is 19.7 Å². The molecular weight excluding hydrogens is 313 g/mol. The molecule has 5 heteroatoms. The van der Waals surface area contributed by atoms with Crippen LogP contribution in [0.15, 0.2) is 54.6 Å². The van der Waals surface area contributed by atoms with Crippen molar-refractivity contribution >= 4 is 35.1 Å². The molecule has 1 aliphatic heterocycles. The molecule has 1 aliphatic rings. The van der Waals surface area contributed by atoms with E-state index in [0.717, 1.165) is 27.6 Å². The van der Waals surface area contributed by atoms with Gasteiger partial charge in [-0.1, -0.05) is 24.3 Å². The fourth-order valence-corrected chi connectivity index (χ4v) is 3.14. The number of phenolic OH excluding ortho intramolecular Hbond substituents is 1. The van der Waals surface area contributed by atoms with Crippen LogP contribution in [0.25, 0.3) is 22.3 Å². The standard InChI is InChI=1S/C20H18BNO3/c1-22(2)15-6-9-17-14(11-15)5-10-20-18(17)12-19(21(24)25-20)13-3-7-16(23)8-4-13/h3-12,23-24H,1-2H3. The van der Waals surface area contributed by atoms with Crippen LogP contribution in [0.4, 0.5) is 5.69 Å². The van der Waals surface area contributed by atoms with Crippen LogP contribution in [0.5, 0.6) is 11.5 Å². The summed E-state index contributed by atoms with van der Waals surface area (Å²) in [5.74, 6) is 0.859. The Kier molecular flexibility index (Phi) is 3.66. The van der Waals surface area contributed by atoms with E-state index in [-0.39, 0.29) is 5.75 Å². The molecule has 1 heterocycles. The zero-order valence-corrected chi connectivity index (χ0v) is 14.1. The highest BCUT2D eigenvalue weighted by Crippen LogP contribution is 2.38. The molecule has 0 bridgehead atoms. The van der Waals surface area contributed by atoms with E-state index in [2.05, 4.69) is 23.1 Å². The van der Waals surface area contributed by atoms with Crippen molar-refractivity contribution in [1.29, 1.82) is 0 Å². The highest BCUT2D eigenvalue weighted by atomic mass is 16.5. The molecule has 4 nitrogen and oxygen atoms in total. The Labute approximate surface area is 146 Å². The van der Waals surface area contributed by atoms with Gasteiger partial charge in [-0.05, 0) is 52.7 Å². The van der Waals surface area contributed by atoms with Crippen molar-refractivity contribution in [3.05, 3.63) is 65.7 Å². The van der Waals surface area contributed by atoms with Crippen molar-refractivity contribution in [1.82, 2.24) is 0 Å². The second kappa shape index (κ2) is 5.86. The maximum atomic E-state index is 10.4. The van der Waals surface area contributed by atoms with Gasteiger partial charge in [-0.25, -0.2) is 0 Å². The van der Waals surface area contributed by atoms with E-state index >= 15 is 0 Å². The summed E-state index contributed by atoms with van der Waals surface area (Å²) in [5, 5.41) is 22.0. The van der Waals surface area contributed by atoms with Gasteiger partial charge in [-0.3, -0.25) is 0 Å². The van der Waals surface area contributed by atoms with Crippen molar-refractivity contribution in [3.63, 3.8) is 0 Å². The number of benzene rings is 3. The molecule has 0 saturated heterocycles. The number of aromatic hydroxyl groups is 1. The zero-order valence-electron chi connectivity index (χ0n) is 14.1. The second-order valence-electron chi connectivity index (χ2n) is 6.39. The molecule has 0 saturated carbocycles. The van der Waals surface area contributed by atoms with Crippen LogP contribution in [0.2, 0.25) is 0 Å². The minimum Gasteiger partial charge on any atom is -0.532 e. The summed E-state index contributed by atoms with van der Waals surface area (Å²) in [7, 11) is 3.00. The van der Waals surface area contributed by atoms with E-state index < -0.39 is 7.12 Å². The molecule has 3 aromatic carbocycles. The number of fused-ring (bicyclic) bond motifs is 3. The molecule has 0 fully saturated rings. The molecule has 2 N–H and O–H groups in total. The minimum absolute atomic E-state index is 0.192. The molecule has 0 aliphatic carbocycles. The largest absolute Gasteiger partial charge is 0.560 e. The van der Waals surface area contributed by atoms with Crippen molar-refractivity contribution < 1.29 is 14.8 Å². The first-order valence-corrected chi connectivity index (χ1v) is 8.13. The number of hydrogen-bond donors (Lipinski definition) is 2. The monoisotopic (exact) mass is 331 g/mol. The van der Waals surface area contributed by atoms with Gasteiger partial charge >= 0.3 is 7.12 Å². The van der Waals surface area contributed by atoms with E-state index in [4.69, 9.17) is 4.65 Å². The average Bonchev–Trinajstić information content (AvgIpc) is 2.61. The summed E-state index contributed by atoms with van der Waals surface area (Å²) in [6.45, 7) is 0. The van der Waals surface area contributed by atoms with Crippen LogP contribution >= 0.6 is 0 Å². The van der Waals surface area contributed by atoms with E-state index in [1.165, 1.54) is 0 Å². The molecule has 25 heavy (non-hydrogen) atoms. The van der Waals surface area contributed by atoms with Crippen LogP contribution in [0.3, 0.4) is 0 Å². The lowest BCUT2D eigenvalue weighted by molar-refractivity contribution is 0.432. The van der Waals surface area contributed by atoms with Gasteiger partial charge in [0.2, 0.25) is 0 Å². The molecule has 0 amide bonds. The summed E-state index contributed by atoms with van der Waals surface area (Å²) >= 11 is 0. The summed E-state index contributed by atoms with van der Waals surface area (Å²) < 4.78 is 5.73. The Morgan fingerprint density at radius 2 is 1.72 bits per heavy atom. The molecule has 0 atom stereocenters. The average molecular weight is 331 g/mol. The van der Waals surface area contributed by atoms with Gasteiger partial charge in [-0.15, -0.1) is 0 Å². The summed E-state index contributed by atoms with van der Waals surface area (Å²) in [5.41, 5.74) is 3.58. The lowest BCUT2D eigenvalue weighted by atomic mass is 9.71. The number of nitrogens with zero attached hydrogens (tertiary/aromatic N) is 1. The number of phenols is 1. The fourth-order valence-electron chi connectivity index (χ4n) is 3.14. The molecule has 0 radical (unpaired) electrons. The smallest absolute Gasteiger partial charge is 0.532 e. The van der Waals surface area contributed by atoms with E-state index in [0.29, 0.717) is 11.2 Å². The van der Waals surface area contributed by atoms with Crippen LogP contribution in [-0.2, 0) is 0 Å². The van der Waals surface area contributed by atoms with Crippen molar-refractivity contribution in [2.75, 3.05) is 19.0 Å². The Morgan fingerprint density at radius 3 is 2.44 bits per heavy atom. The molecule has 0 aromatic heterocycles. The SMILES string of the molecule is CN(C)c1ccc2c3c(ccc2c1)OB(O)C(c1ccc(O)cc1)=C3. The van der Waals surface area contributed by atoms with Crippen LogP contribution < -0.4 is 9.55 Å². The number of hydrogen-bond acceptors (Lipinski definition) is 4. The van der Waals surface area contributed by atoms with Gasteiger partial charge in [0.05, 0.1) is 0 Å². The fraction of sp³-hybridized carbons (Fsp3) is 0.100. The van der Waals surface area contributed by atoms with Crippen LogP contribution in [0, 0.1) is 0 Å². The third-order valence-electron chi connectivity index (χ3n) is 4.53. The Morgan fingerprint density at radius 1 is 0.960 bits per heavy atom. The summed E-state index contributed by atoms with van der Waals surface area (Å²) in [4.78, 5) is 2.07. The second-order valence-corrected chi connectivity index (χ2v) is 6.39. The molecule has 3 aromatic rings. The minimum atomic E-state index is -1.03. The molecule has 0 spiro atoms. The predicted molar refractivity (Wildman–Crippen MR) is 103 cm³/mol. The lowest BCUT2D eigenvalue weighted by Crippen LogP contribution is -2.27. The number of anilines is 1. The zero-order chi connectivity index (χ0) is 17.6. The molecular formula is C20H18BNO3. The highest BCUT2D eigenvalue weighted by molar-refractivity contribution is 6.70. The highest BCUT2D eigenvalue weighted by Gasteiger charge is 2.29. The normalized spacial score (nSPS) is 13.2. The van der Waals surface area contributed by atoms with Gasteiger partial charge in [0.25, 0.3) is 0 Å². The first kappa shape index (κ1) is 15.6. The van der Waals surface area contributed by atoms with Crippen molar-refractivity contribution in [2.45, 2.75) is 0 Å². The number of rotatable bonds is 2. The quantitative estimate of drug-likeness (QED) is 0.705. The van der Waals surface area contributed by atoms with Crippen LogP contribution in [-0.4, -0.2) is 31.3 Å². The maximum Gasteiger partial charge on any atom is 0.560 e. The lowest BCUT2D eigenvalue weighted by Gasteiger charge is -2.22. The summed E-state index contributed by atoms with van der Waals surface area (Å²) in [6.07, 6.45) is 1.97. The summed E-state index contributed by atoms with van der Waals surface area (Å²) in [6, 6.07) is 16.9. The first-order valence-electron chi connectivity index (χ1n) is 8.13. The van der Waals surface area contributed by atoms with Gasteiger partial charge in [0.1, 0.15) is 11.5 Å². The Balaban J connectivity index is 1.88. The predicted octanol–water partition coefficient (Wildman–Crippen LogP) is 3.56. The topological polar surface area (TPSA) is 52.9 Å². The Bertz CT molecular complexity index is 980. The Hall–Kier alpha value is -2.92. The van der Waals surface area contributed by atoms with Crippen molar-refractivity contribution in [3.8, 4) is 11.5 Å². The molecule has 124 valence electrons. The van der Waals surface area contributed by atoms with Gasteiger partial charge in [0, 0.05) is 30.8 Å². The first-order chi connectivity index (χ1) is 12.0. The molecule has 0 unspecified atom stereocenters. The third-order valence-corrected chi connectivity index (χ3v) is 4.53. The van der Waals surface area contributed by atoms with E-state index in [9.17, 15) is 10.1 Å². The maximum absolute atomic E-state index is 10.4. The third kappa shape index (κ3) is 2.73. The van der Waals surface area contributed by atoms with E-state index in [1.54, 1.807) is 24.3 Å². The van der Waals surface area contributed by atoms with Gasteiger partial charge in [-0.2, -0.15) is 0 Å². The molecule has 4 rings (SSSR count).